The zero-order chi connectivity index (χ0) is 23.3. The van der Waals surface area contributed by atoms with Crippen LogP contribution in [0.5, 0.6) is 11.5 Å². The number of nitrogens with zero attached hydrogens (tertiary/aromatic N) is 2. The summed E-state index contributed by atoms with van der Waals surface area (Å²) in [6, 6.07) is 9.62. The first-order valence-electron chi connectivity index (χ1n) is 10.6. The van der Waals surface area contributed by atoms with E-state index in [1.807, 2.05) is 58.0 Å². The highest BCUT2D eigenvalue weighted by molar-refractivity contribution is 14.1. The second-order valence-corrected chi connectivity index (χ2v) is 8.77. The number of aryl methyl sites for hydroxylation is 2. The zero-order valence-corrected chi connectivity index (χ0v) is 20.9. The van der Waals surface area contributed by atoms with Gasteiger partial charge in [-0.15, -0.1) is 0 Å². The minimum atomic E-state index is -0.444. The Morgan fingerprint density at radius 2 is 1.94 bits per heavy atom. The largest absolute Gasteiger partial charge is 0.490 e. The summed E-state index contributed by atoms with van der Waals surface area (Å²) in [5.74, 6) is 0.568. The summed E-state index contributed by atoms with van der Waals surface area (Å²) in [7, 11) is 0. The van der Waals surface area contributed by atoms with Crippen molar-refractivity contribution >= 4 is 46.3 Å². The Labute approximate surface area is 202 Å². The maximum atomic E-state index is 12.6. The molecule has 0 bridgehead atoms. The van der Waals surface area contributed by atoms with Crippen LogP contribution in [0.2, 0.25) is 0 Å². The third-order valence-corrected chi connectivity index (χ3v) is 6.11. The molecule has 1 aliphatic heterocycles. The van der Waals surface area contributed by atoms with Crippen molar-refractivity contribution < 1.29 is 19.1 Å². The normalized spacial score (nSPS) is 16.0. The van der Waals surface area contributed by atoms with Crippen LogP contribution in [0.1, 0.15) is 37.0 Å². The molecule has 0 spiro atoms. The Morgan fingerprint density at radius 3 is 2.62 bits per heavy atom. The molecular formula is C24H28IN3O4. The Hall–Kier alpha value is -2.62. The number of anilines is 1. The van der Waals surface area contributed by atoms with Gasteiger partial charge in [0.25, 0.3) is 0 Å². The highest BCUT2D eigenvalue weighted by Crippen LogP contribution is 2.34. The van der Waals surface area contributed by atoms with Gasteiger partial charge < -0.3 is 14.4 Å². The molecule has 1 saturated heterocycles. The first-order chi connectivity index (χ1) is 15.3. The summed E-state index contributed by atoms with van der Waals surface area (Å²) in [6.45, 7) is 9.27. The van der Waals surface area contributed by atoms with E-state index in [1.165, 1.54) is 5.56 Å². The number of halogens is 1. The molecule has 0 aliphatic carbocycles. The quantitative estimate of drug-likeness (QED) is 0.304. The van der Waals surface area contributed by atoms with Crippen molar-refractivity contribution in [1.29, 1.82) is 0 Å². The van der Waals surface area contributed by atoms with Gasteiger partial charge in [0.1, 0.15) is 0 Å². The smallest absolute Gasteiger partial charge is 0.245 e. The first-order valence-corrected chi connectivity index (χ1v) is 11.7. The van der Waals surface area contributed by atoms with E-state index in [1.54, 1.807) is 11.1 Å². The Kier molecular flexibility index (Phi) is 8.11. The molecular weight excluding hydrogens is 521 g/mol. The number of hydrazone groups is 1. The SMILES string of the molecule is CCOc1cc(/C=N\NC(=O)[C@H]2CC(=O)N(c3ccc(C)c(C)c3)C2)cc(I)c1OCC. The van der Waals surface area contributed by atoms with Crippen LogP contribution >= 0.6 is 22.6 Å². The van der Waals surface area contributed by atoms with E-state index in [4.69, 9.17) is 9.47 Å². The highest BCUT2D eigenvalue weighted by Gasteiger charge is 2.35. The standard InChI is InChI=1S/C24H28IN3O4/c1-5-31-21-11-17(10-20(25)23(21)32-6-2)13-26-27-24(30)18-12-22(29)28(14-18)19-8-7-15(3)16(4)9-19/h7-11,13,18H,5-6,12,14H2,1-4H3,(H,27,30)/b26-13-/t18-/m0/s1. The minimum Gasteiger partial charge on any atom is -0.490 e. The zero-order valence-electron chi connectivity index (χ0n) is 18.8. The van der Waals surface area contributed by atoms with Crippen molar-refractivity contribution in [2.45, 2.75) is 34.1 Å². The number of hydrogen-bond acceptors (Lipinski definition) is 5. The van der Waals surface area contributed by atoms with Crippen LogP contribution in [0.3, 0.4) is 0 Å². The van der Waals surface area contributed by atoms with Crippen LogP contribution in [-0.4, -0.2) is 37.8 Å². The lowest BCUT2D eigenvalue weighted by Crippen LogP contribution is -2.30. The van der Waals surface area contributed by atoms with Crippen molar-refractivity contribution in [1.82, 2.24) is 5.43 Å². The molecule has 1 aliphatic rings. The number of carbonyl (C=O) groups is 2. The van der Waals surface area contributed by atoms with Crippen LogP contribution in [0.15, 0.2) is 35.4 Å². The molecule has 0 unspecified atom stereocenters. The van der Waals surface area contributed by atoms with Gasteiger partial charge in [0, 0.05) is 18.7 Å². The fourth-order valence-corrected chi connectivity index (χ4v) is 4.28. The molecule has 170 valence electrons. The molecule has 3 rings (SSSR count). The Bertz CT molecular complexity index is 1040. The topological polar surface area (TPSA) is 80.2 Å². The van der Waals surface area contributed by atoms with E-state index in [-0.39, 0.29) is 18.2 Å². The van der Waals surface area contributed by atoms with Crippen molar-refractivity contribution in [3.8, 4) is 11.5 Å². The lowest BCUT2D eigenvalue weighted by atomic mass is 10.1. The number of nitrogens with one attached hydrogen (secondary N) is 1. The van der Waals surface area contributed by atoms with Crippen LogP contribution in [0, 0.1) is 23.3 Å². The van der Waals surface area contributed by atoms with Gasteiger partial charge in [0.05, 0.1) is 28.9 Å². The van der Waals surface area contributed by atoms with Crippen molar-refractivity contribution in [3.05, 3.63) is 50.6 Å². The number of benzene rings is 2. The maximum Gasteiger partial charge on any atom is 0.245 e. The Morgan fingerprint density at radius 1 is 1.19 bits per heavy atom. The summed E-state index contributed by atoms with van der Waals surface area (Å²) >= 11 is 2.19. The second kappa shape index (κ2) is 10.8. The van der Waals surface area contributed by atoms with Gasteiger partial charge in [0.15, 0.2) is 11.5 Å². The molecule has 32 heavy (non-hydrogen) atoms. The monoisotopic (exact) mass is 549 g/mol. The predicted octanol–water partition coefficient (Wildman–Crippen LogP) is 4.21. The molecule has 2 aromatic carbocycles. The van der Waals surface area contributed by atoms with Crippen molar-refractivity contribution in [2.75, 3.05) is 24.7 Å². The molecule has 8 heteroatoms. The van der Waals surface area contributed by atoms with E-state index in [2.05, 4.69) is 33.1 Å². The van der Waals surface area contributed by atoms with Gasteiger partial charge in [-0.3, -0.25) is 9.59 Å². The summed E-state index contributed by atoms with van der Waals surface area (Å²) in [5, 5.41) is 4.10. The molecule has 0 saturated carbocycles. The fourth-order valence-electron chi connectivity index (χ4n) is 3.50. The minimum absolute atomic E-state index is 0.0557. The fraction of sp³-hybridized carbons (Fsp3) is 0.375. The first kappa shape index (κ1) is 24.0. The molecule has 0 radical (unpaired) electrons. The predicted molar refractivity (Wildman–Crippen MR) is 134 cm³/mol. The lowest BCUT2D eigenvalue weighted by molar-refractivity contribution is -0.126. The maximum absolute atomic E-state index is 12.6. The summed E-state index contributed by atoms with van der Waals surface area (Å²) in [5.41, 5.74) is 6.46. The average molecular weight is 549 g/mol. The van der Waals surface area contributed by atoms with Gasteiger partial charge in [-0.2, -0.15) is 5.10 Å². The number of amides is 2. The Balaban J connectivity index is 1.65. The molecule has 2 aromatic rings. The van der Waals surface area contributed by atoms with Crippen LogP contribution < -0.4 is 19.8 Å². The molecule has 1 fully saturated rings. The lowest BCUT2D eigenvalue weighted by Gasteiger charge is -2.17. The highest BCUT2D eigenvalue weighted by atomic mass is 127. The van der Waals surface area contributed by atoms with Gasteiger partial charge in [-0.1, -0.05) is 6.07 Å². The van der Waals surface area contributed by atoms with E-state index < -0.39 is 5.92 Å². The van der Waals surface area contributed by atoms with Crippen LogP contribution in [0.25, 0.3) is 0 Å². The third kappa shape index (κ3) is 5.59. The second-order valence-electron chi connectivity index (χ2n) is 7.60. The number of rotatable bonds is 8. The number of carbonyl (C=O) groups excluding carboxylic acids is 2. The molecule has 1 heterocycles. The number of hydrogen-bond donors (Lipinski definition) is 1. The summed E-state index contributed by atoms with van der Waals surface area (Å²) < 4.78 is 12.2. The molecule has 1 N–H and O–H groups in total. The number of ether oxygens (including phenoxy) is 2. The molecule has 2 amide bonds. The van der Waals surface area contributed by atoms with E-state index in [9.17, 15) is 9.59 Å². The van der Waals surface area contributed by atoms with E-state index in [0.29, 0.717) is 31.3 Å². The average Bonchev–Trinajstić information content (AvgIpc) is 3.14. The van der Waals surface area contributed by atoms with Crippen molar-refractivity contribution in [2.24, 2.45) is 11.0 Å². The summed E-state index contributed by atoms with van der Waals surface area (Å²) in [6.07, 6.45) is 1.74. The molecule has 1 atom stereocenters. The van der Waals surface area contributed by atoms with Crippen LogP contribution in [0.4, 0.5) is 5.69 Å². The van der Waals surface area contributed by atoms with Crippen LogP contribution in [-0.2, 0) is 9.59 Å². The van der Waals surface area contributed by atoms with Gasteiger partial charge in [-0.05, 0) is 91.2 Å². The van der Waals surface area contributed by atoms with Gasteiger partial charge in [0.2, 0.25) is 11.8 Å². The van der Waals surface area contributed by atoms with E-state index >= 15 is 0 Å². The molecule has 0 aromatic heterocycles. The van der Waals surface area contributed by atoms with Gasteiger partial charge in [-0.25, -0.2) is 5.43 Å². The van der Waals surface area contributed by atoms with Crippen molar-refractivity contribution in [3.63, 3.8) is 0 Å². The van der Waals surface area contributed by atoms with Gasteiger partial charge >= 0.3 is 0 Å². The summed E-state index contributed by atoms with van der Waals surface area (Å²) in [4.78, 5) is 26.8. The third-order valence-electron chi connectivity index (χ3n) is 5.31. The van der Waals surface area contributed by atoms with E-state index in [0.717, 1.165) is 20.4 Å². The molecule has 7 nitrogen and oxygen atoms in total.